The number of hydrogen-bond acceptors (Lipinski definition) is 1. The van der Waals surface area contributed by atoms with Crippen LogP contribution in [0.5, 0.6) is 0 Å². The van der Waals surface area contributed by atoms with Crippen LogP contribution in [-0.4, -0.2) is 6.18 Å². The molecule has 0 aliphatic rings. The Bertz CT molecular complexity index is 631. The van der Waals surface area contributed by atoms with E-state index >= 15 is 0 Å². The molecule has 0 radical (unpaired) electrons. The average molecular weight is 275 g/mol. The lowest BCUT2D eigenvalue weighted by atomic mass is 9.95. The number of rotatable bonds is 1. The topological polar surface area (TPSA) is 26.0 Å². The predicted octanol–water partition coefficient (Wildman–Crippen LogP) is 4.38. The Balaban J connectivity index is 2.86. The standard InChI is InChI=1S/C13H10F5N/c1-7-6-10(12(14,15)13(16,17)18)8-4-2-3-5-9(8)11(7)19/h2-6H,19H2,1H3. The maximum atomic E-state index is 13.5. The molecule has 0 aliphatic carbocycles. The molecule has 0 aromatic heterocycles. The summed E-state index contributed by atoms with van der Waals surface area (Å²) in [5.74, 6) is -4.91. The van der Waals surface area contributed by atoms with Gasteiger partial charge in [0.15, 0.2) is 0 Å². The molecule has 0 heterocycles. The van der Waals surface area contributed by atoms with E-state index in [4.69, 9.17) is 5.73 Å². The van der Waals surface area contributed by atoms with Crippen LogP contribution in [0.2, 0.25) is 0 Å². The summed E-state index contributed by atoms with van der Waals surface area (Å²) >= 11 is 0. The number of benzene rings is 2. The third-order valence-corrected chi connectivity index (χ3v) is 2.99. The van der Waals surface area contributed by atoms with Crippen LogP contribution >= 0.6 is 0 Å². The zero-order valence-corrected chi connectivity index (χ0v) is 9.85. The lowest BCUT2D eigenvalue weighted by Gasteiger charge is -2.22. The molecule has 2 N–H and O–H groups in total. The van der Waals surface area contributed by atoms with Crippen molar-refractivity contribution >= 4 is 16.5 Å². The smallest absolute Gasteiger partial charge is 0.398 e. The molecule has 102 valence electrons. The van der Waals surface area contributed by atoms with Gasteiger partial charge in [-0.2, -0.15) is 22.0 Å². The first kappa shape index (κ1) is 13.6. The van der Waals surface area contributed by atoms with Gasteiger partial charge in [0.2, 0.25) is 0 Å². The Morgan fingerprint density at radius 3 is 2.00 bits per heavy atom. The van der Waals surface area contributed by atoms with Crippen molar-refractivity contribution in [2.45, 2.75) is 19.0 Å². The highest BCUT2D eigenvalue weighted by atomic mass is 19.4. The summed E-state index contributed by atoms with van der Waals surface area (Å²) in [5.41, 5.74) is 5.04. The van der Waals surface area contributed by atoms with Crippen LogP contribution in [-0.2, 0) is 5.92 Å². The summed E-state index contributed by atoms with van der Waals surface area (Å²) in [5, 5.41) is 0.00866. The van der Waals surface area contributed by atoms with Crippen LogP contribution < -0.4 is 5.73 Å². The molecular formula is C13H10F5N. The van der Waals surface area contributed by atoms with E-state index < -0.39 is 17.7 Å². The van der Waals surface area contributed by atoms with Gasteiger partial charge >= 0.3 is 12.1 Å². The summed E-state index contributed by atoms with van der Waals surface area (Å²) in [6.07, 6.45) is -5.64. The molecule has 0 unspecified atom stereocenters. The fourth-order valence-corrected chi connectivity index (χ4v) is 1.95. The molecule has 0 fully saturated rings. The zero-order chi connectivity index (χ0) is 14.4. The monoisotopic (exact) mass is 275 g/mol. The van der Waals surface area contributed by atoms with Gasteiger partial charge < -0.3 is 5.73 Å². The van der Waals surface area contributed by atoms with Crippen LogP contribution in [0.1, 0.15) is 11.1 Å². The van der Waals surface area contributed by atoms with Crippen LogP contribution in [0.25, 0.3) is 10.8 Å². The molecule has 0 atom stereocenters. The third kappa shape index (κ3) is 2.01. The summed E-state index contributed by atoms with van der Waals surface area (Å²) in [6, 6.07) is 6.36. The quantitative estimate of drug-likeness (QED) is 0.606. The number of alkyl halides is 5. The molecule has 0 aliphatic heterocycles. The first-order valence-corrected chi connectivity index (χ1v) is 5.39. The maximum absolute atomic E-state index is 13.5. The van der Waals surface area contributed by atoms with Crippen molar-refractivity contribution in [3.05, 3.63) is 41.5 Å². The fourth-order valence-electron chi connectivity index (χ4n) is 1.95. The van der Waals surface area contributed by atoms with Gasteiger partial charge in [0.05, 0.1) is 0 Å². The Morgan fingerprint density at radius 1 is 0.947 bits per heavy atom. The minimum Gasteiger partial charge on any atom is -0.398 e. The summed E-state index contributed by atoms with van der Waals surface area (Å²) in [4.78, 5) is 0. The fraction of sp³-hybridized carbons (Fsp3) is 0.231. The van der Waals surface area contributed by atoms with Gasteiger partial charge in [0.1, 0.15) is 0 Å². The van der Waals surface area contributed by atoms with Crippen LogP contribution in [0.4, 0.5) is 27.6 Å². The molecule has 0 bridgehead atoms. The van der Waals surface area contributed by atoms with E-state index in [9.17, 15) is 22.0 Å². The van der Waals surface area contributed by atoms with E-state index in [0.717, 1.165) is 6.07 Å². The van der Waals surface area contributed by atoms with Gasteiger partial charge in [-0.05, 0) is 23.9 Å². The van der Waals surface area contributed by atoms with Gasteiger partial charge in [-0.15, -0.1) is 0 Å². The van der Waals surface area contributed by atoms with E-state index in [2.05, 4.69) is 0 Å². The number of anilines is 1. The molecule has 6 heteroatoms. The highest BCUT2D eigenvalue weighted by Crippen LogP contribution is 2.47. The summed E-state index contributed by atoms with van der Waals surface area (Å²) in [6.45, 7) is 1.40. The molecule has 1 nitrogen and oxygen atoms in total. The predicted molar refractivity (Wildman–Crippen MR) is 63.0 cm³/mol. The second-order valence-electron chi connectivity index (χ2n) is 4.27. The SMILES string of the molecule is Cc1cc(C(F)(F)C(F)(F)F)c2ccccc2c1N. The van der Waals surface area contributed by atoms with E-state index in [1.54, 1.807) is 0 Å². The van der Waals surface area contributed by atoms with Crippen molar-refractivity contribution in [1.82, 2.24) is 0 Å². The molecule has 19 heavy (non-hydrogen) atoms. The molecule has 2 aromatic carbocycles. The number of aryl methyl sites for hydroxylation is 1. The minimum absolute atomic E-state index is 0.187. The van der Waals surface area contributed by atoms with E-state index in [1.807, 2.05) is 0 Å². The summed E-state index contributed by atoms with van der Waals surface area (Å²) < 4.78 is 64.6. The second-order valence-corrected chi connectivity index (χ2v) is 4.27. The number of hydrogen-bond donors (Lipinski definition) is 1. The molecule has 0 saturated carbocycles. The van der Waals surface area contributed by atoms with Gasteiger partial charge in [0.25, 0.3) is 0 Å². The Hall–Kier alpha value is -1.85. The van der Waals surface area contributed by atoms with Gasteiger partial charge in [0, 0.05) is 16.6 Å². The summed E-state index contributed by atoms with van der Waals surface area (Å²) in [7, 11) is 0. The third-order valence-electron chi connectivity index (χ3n) is 2.99. The van der Waals surface area contributed by atoms with Crippen molar-refractivity contribution in [3.63, 3.8) is 0 Å². The van der Waals surface area contributed by atoms with Crippen molar-refractivity contribution < 1.29 is 22.0 Å². The molecule has 0 saturated heterocycles. The van der Waals surface area contributed by atoms with Crippen LogP contribution in [0.15, 0.2) is 30.3 Å². The highest BCUT2D eigenvalue weighted by molar-refractivity contribution is 5.97. The molecule has 2 rings (SSSR count). The highest BCUT2D eigenvalue weighted by Gasteiger charge is 2.59. The molecule has 2 aromatic rings. The largest absolute Gasteiger partial charge is 0.458 e. The Labute approximate surface area is 105 Å². The van der Waals surface area contributed by atoms with E-state index in [-0.39, 0.29) is 22.0 Å². The number of fused-ring (bicyclic) bond motifs is 1. The van der Waals surface area contributed by atoms with Crippen molar-refractivity contribution in [2.24, 2.45) is 0 Å². The minimum atomic E-state index is -5.64. The molecule has 0 spiro atoms. The zero-order valence-electron chi connectivity index (χ0n) is 9.85. The van der Waals surface area contributed by atoms with Gasteiger partial charge in [-0.1, -0.05) is 24.3 Å². The number of halogens is 5. The number of nitrogen functional groups attached to an aromatic ring is 1. The average Bonchev–Trinajstić information content (AvgIpc) is 2.32. The first-order valence-electron chi connectivity index (χ1n) is 5.39. The Kier molecular flexibility index (Phi) is 2.91. The normalized spacial score (nSPS) is 12.9. The lowest BCUT2D eigenvalue weighted by molar-refractivity contribution is -0.288. The lowest BCUT2D eigenvalue weighted by Crippen LogP contribution is -2.34. The van der Waals surface area contributed by atoms with E-state index in [0.29, 0.717) is 0 Å². The second kappa shape index (κ2) is 4.08. The van der Waals surface area contributed by atoms with Crippen LogP contribution in [0, 0.1) is 6.92 Å². The first-order chi connectivity index (χ1) is 8.66. The van der Waals surface area contributed by atoms with Crippen LogP contribution in [0.3, 0.4) is 0 Å². The molecular weight excluding hydrogens is 265 g/mol. The maximum Gasteiger partial charge on any atom is 0.458 e. The molecule has 0 amide bonds. The number of nitrogens with two attached hydrogens (primary N) is 1. The van der Waals surface area contributed by atoms with Gasteiger partial charge in [-0.3, -0.25) is 0 Å². The van der Waals surface area contributed by atoms with Crippen molar-refractivity contribution in [3.8, 4) is 0 Å². The Morgan fingerprint density at radius 2 is 1.47 bits per heavy atom. The van der Waals surface area contributed by atoms with Crippen molar-refractivity contribution in [1.29, 1.82) is 0 Å². The van der Waals surface area contributed by atoms with E-state index in [1.165, 1.54) is 31.2 Å². The van der Waals surface area contributed by atoms with Crippen molar-refractivity contribution in [2.75, 3.05) is 5.73 Å². The van der Waals surface area contributed by atoms with Gasteiger partial charge in [-0.25, -0.2) is 0 Å².